The number of aryl methyl sites for hydroxylation is 1. The van der Waals surface area contributed by atoms with Crippen LogP contribution < -0.4 is 0 Å². The summed E-state index contributed by atoms with van der Waals surface area (Å²) in [5.74, 6) is -0.907. The van der Waals surface area contributed by atoms with Gasteiger partial charge in [-0.2, -0.15) is 18.4 Å². The average molecular weight is 491 g/mol. The molecule has 0 spiro atoms. The van der Waals surface area contributed by atoms with Crippen molar-refractivity contribution in [3.63, 3.8) is 0 Å². The minimum Gasteiger partial charge on any atom is -0.393 e. The topological polar surface area (TPSA) is 115 Å². The first-order valence-electron chi connectivity index (χ1n) is 9.06. The smallest absolute Gasteiger partial charge is 0.393 e. The van der Waals surface area contributed by atoms with Crippen molar-refractivity contribution >= 4 is 21.8 Å². The average Bonchev–Trinajstić information content (AvgIpc) is 3.10. The van der Waals surface area contributed by atoms with E-state index in [0.717, 1.165) is 22.5 Å². The highest BCUT2D eigenvalue weighted by Crippen LogP contribution is 2.33. The van der Waals surface area contributed by atoms with Gasteiger partial charge in [0.1, 0.15) is 34.2 Å². The Kier molecular flexibility index (Phi) is 6.83. The number of aliphatic hydroxyl groups is 2. The van der Waals surface area contributed by atoms with E-state index < -0.39 is 63.5 Å². The third kappa shape index (κ3) is 4.60. The molecular weight excluding hydrogens is 474 g/mol. The Labute approximate surface area is 185 Å². The number of benzene rings is 1. The molecule has 2 aromatic rings. The molecule has 13 heteroatoms. The molecule has 3 unspecified atom stereocenters. The molecular formula is C19H17F4N3O4S2. The van der Waals surface area contributed by atoms with Crippen LogP contribution in [0.15, 0.2) is 40.1 Å². The summed E-state index contributed by atoms with van der Waals surface area (Å²) in [5.41, 5.74) is -3.52. The minimum absolute atomic E-state index is 0.0332. The van der Waals surface area contributed by atoms with Crippen LogP contribution in [0.1, 0.15) is 17.0 Å². The molecule has 0 saturated carbocycles. The first-order chi connectivity index (χ1) is 14.9. The van der Waals surface area contributed by atoms with Crippen molar-refractivity contribution in [2.75, 3.05) is 19.7 Å². The molecule has 3 rings (SSSR count). The summed E-state index contributed by atoms with van der Waals surface area (Å²) in [6, 6.07) is 6.59. The van der Waals surface area contributed by atoms with Gasteiger partial charge in [0.25, 0.3) is 0 Å². The Balaban J connectivity index is 1.89. The Morgan fingerprint density at radius 3 is 2.53 bits per heavy atom. The van der Waals surface area contributed by atoms with E-state index in [9.17, 15) is 36.2 Å². The van der Waals surface area contributed by atoms with Crippen LogP contribution in [-0.2, 0) is 28.0 Å². The summed E-state index contributed by atoms with van der Waals surface area (Å²) >= 11 is 0. The molecule has 1 aliphatic heterocycles. The summed E-state index contributed by atoms with van der Waals surface area (Å²) in [6.45, 7) is -0.254. The molecule has 0 amide bonds. The van der Waals surface area contributed by atoms with Gasteiger partial charge >= 0.3 is 6.18 Å². The number of rotatable bonds is 5. The van der Waals surface area contributed by atoms with Crippen LogP contribution in [0.4, 0.5) is 17.6 Å². The number of halogens is 4. The van der Waals surface area contributed by atoms with Gasteiger partial charge in [-0.3, -0.25) is 4.21 Å². The Morgan fingerprint density at radius 2 is 2.00 bits per heavy atom. The highest BCUT2D eigenvalue weighted by molar-refractivity contribution is 7.86. The lowest BCUT2D eigenvalue weighted by Crippen LogP contribution is -2.47. The van der Waals surface area contributed by atoms with E-state index >= 15 is 0 Å². The van der Waals surface area contributed by atoms with E-state index in [0.29, 0.717) is 6.07 Å². The fourth-order valence-electron chi connectivity index (χ4n) is 3.28. The van der Waals surface area contributed by atoms with E-state index in [4.69, 9.17) is 5.26 Å². The molecule has 1 aromatic heterocycles. The van der Waals surface area contributed by atoms with E-state index in [1.807, 2.05) is 0 Å². The first-order valence-corrected chi connectivity index (χ1v) is 11.4. The standard InChI is InChI=1S/C19H17F4N3O4S2/c1-11-15(4-5-16(25-11)19(21,22)23)32(30)26-8-17(18(28,9-26)10-27)31(29)13-3-2-12(7-24)14(20)6-13/h2-6,17,27-28H,8-10H2,1H3/t17-,18?,31?,32?/m0/s1. The highest BCUT2D eigenvalue weighted by atomic mass is 32.2. The summed E-state index contributed by atoms with van der Waals surface area (Å²) in [7, 11) is -4.14. The van der Waals surface area contributed by atoms with Crippen molar-refractivity contribution in [3.8, 4) is 6.07 Å². The van der Waals surface area contributed by atoms with Gasteiger partial charge in [-0.05, 0) is 37.3 Å². The third-order valence-corrected chi connectivity index (χ3v) is 8.37. The number of β-amino-alcohol motifs (C(OH)–C–C–N with tert-alkyl or cyclic N) is 1. The number of alkyl halides is 3. The molecule has 0 radical (unpaired) electrons. The number of nitriles is 1. The largest absolute Gasteiger partial charge is 0.433 e. The van der Waals surface area contributed by atoms with Gasteiger partial charge in [0, 0.05) is 18.0 Å². The first kappa shape index (κ1) is 24.4. The van der Waals surface area contributed by atoms with Gasteiger partial charge < -0.3 is 10.2 Å². The minimum atomic E-state index is -4.67. The van der Waals surface area contributed by atoms with Crippen LogP contribution in [0.25, 0.3) is 0 Å². The Hall–Kier alpha value is -2.24. The molecule has 4 atom stereocenters. The molecule has 1 saturated heterocycles. The lowest BCUT2D eigenvalue weighted by molar-refractivity contribution is -0.141. The van der Waals surface area contributed by atoms with Crippen LogP contribution in [0.2, 0.25) is 0 Å². The maximum Gasteiger partial charge on any atom is 0.433 e. The summed E-state index contributed by atoms with van der Waals surface area (Å²) in [4.78, 5) is 3.36. The lowest BCUT2D eigenvalue weighted by Gasteiger charge is -2.26. The zero-order valence-corrected chi connectivity index (χ0v) is 18.1. The summed E-state index contributed by atoms with van der Waals surface area (Å²) in [5, 5.41) is 28.2. The molecule has 1 aromatic carbocycles. The second kappa shape index (κ2) is 8.95. The second-order valence-electron chi connectivity index (χ2n) is 7.15. The Morgan fingerprint density at radius 1 is 1.31 bits per heavy atom. The van der Waals surface area contributed by atoms with Crippen LogP contribution in [0, 0.1) is 24.1 Å². The van der Waals surface area contributed by atoms with Crippen molar-refractivity contribution in [1.82, 2.24) is 9.29 Å². The van der Waals surface area contributed by atoms with Crippen molar-refractivity contribution in [2.45, 2.75) is 33.7 Å². The maximum atomic E-state index is 13.9. The molecule has 1 aliphatic rings. The van der Waals surface area contributed by atoms with Crippen LogP contribution in [0.5, 0.6) is 0 Å². The summed E-state index contributed by atoms with van der Waals surface area (Å²) in [6.07, 6.45) is -4.67. The van der Waals surface area contributed by atoms with Gasteiger partial charge in [-0.15, -0.1) is 0 Å². The van der Waals surface area contributed by atoms with Crippen molar-refractivity contribution in [1.29, 1.82) is 5.26 Å². The van der Waals surface area contributed by atoms with Gasteiger partial charge in [0.05, 0.1) is 38.8 Å². The predicted molar refractivity (Wildman–Crippen MR) is 105 cm³/mol. The van der Waals surface area contributed by atoms with E-state index in [1.54, 1.807) is 6.07 Å². The number of pyridine rings is 1. The number of aromatic nitrogens is 1. The molecule has 2 N–H and O–H groups in total. The van der Waals surface area contributed by atoms with Gasteiger partial charge in [0.15, 0.2) is 0 Å². The molecule has 7 nitrogen and oxygen atoms in total. The van der Waals surface area contributed by atoms with E-state index in [2.05, 4.69) is 4.98 Å². The number of hydrogen-bond donors (Lipinski definition) is 2. The lowest BCUT2D eigenvalue weighted by atomic mass is 10.1. The predicted octanol–water partition coefficient (Wildman–Crippen LogP) is 1.66. The zero-order chi connectivity index (χ0) is 23.8. The SMILES string of the molecule is Cc1nc(C(F)(F)F)ccc1S(=O)N1C[C@H](S(=O)c2ccc(C#N)c(F)c2)C(O)(CO)C1. The molecule has 1 fully saturated rings. The van der Waals surface area contributed by atoms with Gasteiger partial charge in [0.2, 0.25) is 0 Å². The third-order valence-electron chi connectivity index (χ3n) is 4.99. The fraction of sp³-hybridized carbons (Fsp3) is 0.368. The number of aliphatic hydroxyl groups excluding tert-OH is 1. The van der Waals surface area contributed by atoms with Gasteiger partial charge in [-0.25, -0.2) is 17.9 Å². The van der Waals surface area contributed by atoms with E-state index in [1.165, 1.54) is 13.0 Å². The quantitative estimate of drug-likeness (QED) is 0.615. The van der Waals surface area contributed by atoms with Crippen LogP contribution >= 0.6 is 0 Å². The number of nitrogens with zero attached hydrogens (tertiary/aromatic N) is 3. The molecule has 2 heterocycles. The normalized spacial score (nSPS) is 23.6. The van der Waals surface area contributed by atoms with Crippen LogP contribution in [0.3, 0.4) is 0 Å². The van der Waals surface area contributed by atoms with Crippen LogP contribution in [-0.4, -0.2) is 58.5 Å². The van der Waals surface area contributed by atoms with E-state index in [-0.39, 0.29) is 27.6 Å². The monoisotopic (exact) mass is 491 g/mol. The molecule has 32 heavy (non-hydrogen) atoms. The van der Waals surface area contributed by atoms with Crippen molar-refractivity contribution in [3.05, 3.63) is 53.1 Å². The molecule has 0 bridgehead atoms. The zero-order valence-electron chi connectivity index (χ0n) is 16.5. The van der Waals surface area contributed by atoms with Crippen molar-refractivity contribution in [2.24, 2.45) is 0 Å². The molecule has 172 valence electrons. The summed E-state index contributed by atoms with van der Waals surface area (Å²) < 4.78 is 79.7. The second-order valence-corrected chi connectivity index (χ2v) is 10.2. The number of hydrogen-bond acceptors (Lipinski definition) is 6. The van der Waals surface area contributed by atoms with Gasteiger partial charge in [-0.1, -0.05) is 0 Å². The highest BCUT2D eigenvalue weighted by Gasteiger charge is 2.50. The van der Waals surface area contributed by atoms with Crippen molar-refractivity contribution < 1.29 is 36.2 Å². The Bertz CT molecular complexity index is 1140. The maximum absolute atomic E-state index is 13.9. The molecule has 0 aliphatic carbocycles. The fourth-order valence-corrected chi connectivity index (χ4v) is 6.37.